The van der Waals surface area contributed by atoms with Crippen molar-refractivity contribution in [3.05, 3.63) is 237 Å². The zero-order chi connectivity index (χ0) is 42.1. The van der Waals surface area contributed by atoms with Crippen molar-refractivity contribution in [2.75, 3.05) is 4.90 Å². The molecule has 0 unspecified atom stereocenters. The Morgan fingerprint density at radius 3 is 1.56 bits per heavy atom. The molecule has 0 spiro atoms. The van der Waals surface area contributed by atoms with Crippen molar-refractivity contribution in [3.63, 3.8) is 0 Å². The Labute approximate surface area is 370 Å². The second-order valence-electron chi connectivity index (χ2n) is 16.8. The Hall–Kier alpha value is -8.46. The predicted octanol–water partition coefficient (Wildman–Crippen LogP) is 17.8. The van der Waals surface area contributed by atoms with Gasteiger partial charge < -0.3 is 9.32 Å². The first-order valence-electron chi connectivity index (χ1n) is 22.0. The Morgan fingerprint density at radius 2 is 0.781 bits per heavy atom. The van der Waals surface area contributed by atoms with Gasteiger partial charge in [0.15, 0.2) is 0 Å². The summed E-state index contributed by atoms with van der Waals surface area (Å²) in [6.45, 7) is 0. The lowest BCUT2D eigenvalue weighted by Gasteiger charge is -2.27. The van der Waals surface area contributed by atoms with E-state index < -0.39 is 0 Å². The number of nitrogens with zero attached hydrogens (tertiary/aromatic N) is 1. The number of hydrogen-bond donors (Lipinski definition) is 0. The molecule has 0 amide bonds. The largest absolute Gasteiger partial charge is 0.455 e. The maximum absolute atomic E-state index is 6.80. The van der Waals surface area contributed by atoms with Crippen molar-refractivity contribution < 1.29 is 4.42 Å². The molecule has 298 valence electrons. The van der Waals surface area contributed by atoms with E-state index in [2.05, 4.69) is 241 Å². The molecule has 2 nitrogen and oxygen atoms in total. The average Bonchev–Trinajstić information content (AvgIpc) is 3.75. The van der Waals surface area contributed by atoms with Gasteiger partial charge in [-0.05, 0) is 119 Å². The monoisotopic (exact) mass is 813 g/mol. The number of anilines is 3. The molecule has 0 aliphatic carbocycles. The molecule has 0 N–H and O–H groups in total. The van der Waals surface area contributed by atoms with Gasteiger partial charge in [-0.1, -0.05) is 188 Å². The molecule has 0 fully saturated rings. The lowest BCUT2D eigenvalue weighted by molar-refractivity contribution is 0.672. The number of furan rings is 1. The fraction of sp³-hybridized carbons (Fsp3) is 0. The number of rotatable bonds is 6. The molecule has 64 heavy (non-hydrogen) atoms. The third kappa shape index (κ3) is 5.73. The Kier molecular flexibility index (Phi) is 8.25. The lowest BCUT2D eigenvalue weighted by atomic mass is 9.84. The average molecular weight is 814 g/mol. The van der Waals surface area contributed by atoms with Gasteiger partial charge in [0, 0.05) is 39.0 Å². The van der Waals surface area contributed by atoms with Crippen LogP contribution in [0.2, 0.25) is 0 Å². The molecule has 0 radical (unpaired) electrons. The predicted molar refractivity (Wildman–Crippen MR) is 272 cm³/mol. The topological polar surface area (TPSA) is 16.4 Å². The number of hydrogen-bond acceptors (Lipinski definition) is 2. The van der Waals surface area contributed by atoms with E-state index in [0.29, 0.717) is 0 Å². The van der Waals surface area contributed by atoms with Crippen LogP contribution >= 0.6 is 0 Å². The highest BCUT2D eigenvalue weighted by atomic mass is 16.3. The van der Waals surface area contributed by atoms with Gasteiger partial charge in [-0.2, -0.15) is 0 Å². The van der Waals surface area contributed by atoms with Crippen LogP contribution < -0.4 is 4.90 Å². The van der Waals surface area contributed by atoms with Crippen LogP contribution in [0.3, 0.4) is 0 Å². The molecule has 0 atom stereocenters. The van der Waals surface area contributed by atoms with Gasteiger partial charge >= 0.3 is 0 Å². The minimum Gasteiger partial charge on any atom is -0.455 e. The molecule has 1 heterocycles. The summed E-state index contributed by atoms with van der Waals surface area (Å²) in [7, 11) is 0. The standard InChI is InChI=1S/C62H39NO/c1-3-17-42(18-4-1)60-55-26-12-11-25-51(55)52-33-31-45(38-57(52)61(60)43-19-5-2-6-20-43)44-21-13-22-46(37-44)63(58-28-14-27-50-48-23-9-7-15-40(48)29-34-53(50)58)47-32-36-54-56-35-30-41-16-8-10-24-49(41)62(56)64-59(54)39-47/h1-39H. The minimum absolute atomic E-state index is 0.861. The molecule has 2 heteroatoms. The lowest BCUT2D eigenvalue weighted by Crippen LogP contribution is -2.10. The van der Waals surface area contributed by atoms with Crippen LogP contribution in [0.5, 0.6) is 0 Å². The van der Waals surface area contributed by atoms with E-state index in [4.69, 9.17) is 4.42 Å². The zero-order valence-corrected chi connectivity index (χ0v) is 34.9. The van der Waals surface area contributed by atoms with Gasteiger partial charge in [-0.3, -0.25) is 0 Å². The number of benzene rings is 12. The van der Waals surface area contributed by atoms with Crippen molar-refractivity contribution in [2.24, 2.45) is 0 Å². The summed E-state index contributed by atoms with van der Waals surface area (Å²) in [6.07, 6.45) is 0. The zero-order valence-electron chi connectivity index (χ0n) is 34.9. The Morgan fingerprint density at radius 1 is 0.266 bits per heavy atom. The quantitative estimate of drug-likeness (QED) is 0.156. The molecule has 1 aromatic heterocycles. The highest BCUT2D eigenvalue weighted by molar-refractivity contribution is 6.22. The maximum atomic E-state index is 6.80. The summed E-state index contributed by atoms with van der Waals surface area (Å²) in [4.78, 5) is 2.41. The second kappa shape index (κ2) is 14.6. The summed E-state index contributed by atoms with van der Waals surface area (Å²) in [5.41, 5.74) is 12.2. The van der Waals surface area contributed by atoms with Gasteiger partial charge in [0.2, 0.25) is 0 Å². The third-order valence-electron chi connectivity index (χ3n) is 13.2. The van der Waals surface area contributed by atoms with Crippen molar-refractivity contribution in [3.8, 4) is 33.4 Å². The maximum Gasteiger partial charge on any atom is 0.143 e. The van der Waals surface area contributed by atoms with E-state index in [-0.39, 0.29) is 0 Å². The van der Waals surface area contributed by atoms with E-state index in [1.165, 1.54) is 70.7 Å². The van der Waals surface area contributed by atoms with Gasteiger partial charge in [0.05, 0.1) is 5.69 Å². The fourth-order valence-corrected chi connectivity index (χ4v) is 10.3. The number of fused-ring (bicyclic) bond motifs is 11. The molecule has 13 rings (SSSR count). The minimum atomic E-state index is 0.861. The van der Waals surface area contributed by atoms with Gasteiger partial charge in [-0.25, -0.2) is 0 Å². The van der Waals surface area contributed by atoms with Crippen molar-refractivity contribution >= 4 is 92.9 Å². The smallest absolute Gasteiger partial charge is 0.143 e. The van der Waals surface area contributed by atoms with Crippen LogP contribution in [0, 0.1) is 0 Å². The van der Waals surface area contributed by atoms with Crippen molar-refractivity contribution in [1.82, 2.24) is 0 Å². The molecule has 0 aliphatic rings. The molecule has 12 aromatic carbocycles. The van der Waals surface area contributed by atoms with E-state index in [0.717, 1.165) is 55.5 Å². The molecule has 0 aliphatic heterocycles. The van der Waals surface area contributed by atoms with E-state index in [9.17, 15) is 0 Å². The van der Waals surface area contributed by atoms with Gasteiger partial charge in [0.1, 0.15) is 11.2 Å². The first-order chi connectivity index (χ1) is 31.7. The molecular weight excluding hydrogens is 775 g/mol. The summed E-state index contributed by atoms with van der Waals surface area (Å²) in [5, 5.41) is 14.4. The van der Waals surface area contributed by atoms with Crippen LogP contribution in [0.15, 0.2) is 241 Å². The molecule has 0 saturated heterocycles. The molecule has 13 aromatic rings. The van der Waals surface area contributed by atoms with Crippen molar-refractivity contribution in [1.29, 1.82) is 0 Å². The fourth-order valence-electron chi connectivity index (χ4n) is 10.3. The summed E-state index contributed by atoms with van der Waals surface area (Å²) in [6, 6.07) is 86.1. The van der Waals surface area contributed by atoms with Crippen LogP contribution in [-0.4, -0.2) is 0 Å². The highest BCUT2D eigenvalue weighted by Gasteiger charge is 2.21. The van der Waals surface area contributed by atoms with Crippen molar-refractivity contribution in [2.45, 2.75) is 0 Å². The second-order valence-corrected chi connectivity index (χ2v) is 16.8. The summed E-state index contributed by atoms with van der Waals surface area (Å²) >= 11 is 0. The van der Waals surface area contributed by atoms with Crippen LogP contribution in [0.4, 0.5) is 17.1 Å². The summed E-state index contributed by atoms with van der Waals surface area (Å²) < 4.78 is 6.80. The van der Waals surface area contributed by atoms with Crippen LogP contribution in [0.1, 0.15) is 0 Å². The molecular formula is C62H39NO. The first-order valence-corrected chi connectivity index (χ1v) is 22.0. The van der Waals surface area contributed by atoms with Gasteiger partial charge in [-0.15, -0.1) is 0 Å². The Bertz CT molecular complexity index is 3960. The molecule has 0 saturated carbocycles. The van der Waals surface area contributed by atoms with Crippen LogP contribution in [-0.2, 0) is 0 Å². The van der Waals surface area contributed by atoms with E-state index in [1.54, 1.807) is 0 Å². The van der Waals surface area contributed by atoms with Gasteiger partial charge in [0.25, 0.3) is 0 Å². The SMILES string of the molecule is c1ccc(-c2c(-c3ccccc3)c3cc(-c4cccc(N(c5ccc6c(c5)oc5c7ccccc7ccc65)c5cccc6c5ccc5ccccc56)c4)ccc3c3ccccc23)cc1. The highest BCUT2D eigenvalue weighted by Crippen LogP contribution is 2.47. The van der Waals surface area contributed by atoms with E-state index in [1.807, 2.05) is 0 Å². The third-order valence-corrected chi connectivity index (χ3v) is 13.2. The normalized spacial score (nSPS) is 11.8. The van der Waals surface area contributed by atoms with E-state index >= 15 is 0 Å². The first kappa shape index (κ1) is 36.2. The molecule has 0 bridgehead atoms. The Balaban J connectivity index is 1.04. The summed E-state index contributed by atoms with van der Waals surface area (Å²) in [5.74, 6) is 0. The van der Waals surface area contributed by atoms with Crippen LogP contribution in [0.25, 0.3) is 109 Å².